The minimum atomic E-state index is -3.62. The first-order chi connectivity index (χ1) is 12.1. The van der Waals surface area contributed by atoms with Gasteiger partial charge in [-0.2, -0.15) is 8.42 Å². The largest absolute Gasteiger partial charge is 0.358 e. The van der Waals surface area contributed by atoms with Crippen molar-refractivity contribution < 1.29 is 13.2 Å². The molecule has 0 spiro atoms. The number of amides is 1. The monoisotopic (exact) mass is 380 g/mol. The first kappa shape index (κ1) is 20.4. The molecule has 1 heterocycles. The van der Waals surface area contributed by atoms with E-state index in [9.17, 15) is 13.2 Å². The van der Waals surface area contributed by atoms with Crippen LogP contribution in [0.15, 0.2) is 33.6 Å². The van der Waals surface area contributed by atoms with Crippen LogP contribution in [0.4, 0.5) is 0 Å². The second-order valence-corrected chi connectivity index (χ2v) is 8.81. The van der Waals surface area contributed by atoms with Gasteiger partial charge in [-0.3, -0.25) is 4.79 Å². The molecule has 0 saturated heterocycles. The molecule has 0 fully saturated rings. The van der Waals surface area contributed by atoms with E-state index in [1.165, 1.54) is 0 Å². The molecule has 1 atom stereocenters. The molecule has 0 saturated carbocycles. The lowest BCUT2D eigenvalue weighted by atomic mass is 9.88. The third-order valence-electron chi connectivity index (χ3n) is 4.99. The Balaban J connectivity index is 1.94. The highest BCUT2D eigenvalue weighted by molar-refractivity contribution is 7.90. The summed E-state index contributed by atoms with van der Waals surface area (Å²) < 4.78 is 28.1. The number of nitrogens with one attached hydrogen (secondary N) is 1. The summed E-state index contributed by atoms with van der Waals surface area (Å²) in [6, 6.07) is 6.78. The molecule has 1 aliphatic rings. The highest BCUT2D eigenvalue weighted by Gasteiger charge is 2.31. The number of nitrogens with two attached hydrogens (primary N) is 1. The zero-order chi connectivity index (χ0) is 19.5. The van der Waals surface area contributed by atoms with Gasteiger partial charge in [-0.15, -0.1) is 4.40 Å². The third-order valence-corrected chi connectivity index (χ3v) is 6.32. The van der Waals surface area contributed by atoms with Gasteiger partial charge in [0.05, 0.1) is 5.54 Å². The molecule has 1 amide bonds. The molecule has 26 heavy (non-hydrogen) atoms. The number of carbonyl (C=O) groups is 1. The predicted molar refractivity (Wildman–Crippen MR) is 102 cm³/mol. The summed E-state index contributed by atoms with van der Waals surface area (Å²) >= 11 is 0. The van der Waals surface area contributed by atoms with Crippen molar-refractivity contribution in [2.24, 2.45) is 16.0 Å². The van der Waals surface area contributed by atoms with E-state index in [2.05, 4.69) is 9.71 Å². The Morgan fingerprint density at radius 2 is 2.00 bits per heavy atom. The van der Waals surface area contributed by atoms with E-state index >= 15 is 0 Å². The molecule has 3 N–H and O–H groups in total. The lowest BCUT2D eigenvalue weighted by Crippen LogP contribution is -2.55. The second-order valence-electron chi connectivity index (χ2n) is 7.24. The van der Waals surface area contributed by atoms with E-state index in [0.29, 0.717) is 37.3 Å². The van der Waals surface area contributed by atoms with Crippen LogP contribution < -0.4 is 11.1 Å². The summed E-state index contributed by atoms with van der Waals surface area (Å²) in [6.45, 7) is 6.89. The van der Waals surface area contributed by atoms with E-state index in [-0.39, 0.29) is 16.7 Å². The van der Waals surface area contributed by atoms with Gasteiger partial charge in [0.2, 0.25) is 5.91 Å². The van der Waals surface area contributed by atoms with Gasteiger partial charge in [-0.25, -0.2) is 0 Å². The molecule has 2 rings (SSSR count). The lowest BCUT2D eigenvalue weighted by molar-refractivity contribution is -0.123. The van der Waals surface area contributed by atoms with Crippen LogP contribution in [0.25, 0.3) is 0 Å². The summed E-state index contributed by atoms with van der Waals surface area (Å²) in [7, 11) is -1.84. The van der Waals surface area contributed by atoms with Crippen molar-refractivity contribution in [3.8, 4) is 0 Å². The van der Waals surface area contributed by atoms with E-state index in [1.54, 1.807) is 36.2 Å². The van der Waals surface area contributed by atoms with E-state index < -0.39 is 15.6 Å². The van der Waals surface area contributed by atoms with Crippen molar-refractivity contribution in [2.75, 3.05) is 20.1 Å². The van der Waals surface area contributed by atoms with Crippen LogP contribution in [0.1, 0.15) is 39.2 Å². The van der Waals surface area contributed by atoms with E-state index in [4.69, 9.17) is 5.73 Å². The van der Waals surface area contributed by atoms with Gasteiger partial charge in [-0.05, 0) is 31.4 Å². The predicted octanol–water partition coefficient (Wildman–Crippen LogP) is 1.34. The number of carbonyl (C=O) groups excluding carboxylic acids is 1. The Kier molecular flexibility index (Phi) is 6.08. The summed E-state index contributed by atoms with van der Waals surface area (Å²) in [5, 5.41) is 3.01. The van der Waals surface area contributed by atoms with Gasteiger partial charge < -0.3 is 16.0 Å². The molecule has 0 bridgehead atoms. The van der Waals surface area contributed by atoms with Crippen LogP contribution in [-0.4, -0.2) is 50.7 Å². The number of nitrogens with zero attached hydrogens (tertiary/aromatic N) is 2. The Morgan fingerprint density at radius 1 is 1.35 bits per heavy atom. The van der Waals surface area contributed by atoms with Gasteiger partial charge in [-0.1, -0.05) is 26.0 Å². The Labute approximate surface area is 155 Å². The van der Waals surface area contributed by atoms with Crippen molar-refractivity contribution in [3.05, 3.63) is 29.8 Å². The second kappa shape index (κ2) is 7.75. The summed E-state index contributed by atoms with van der Waals surface area (Å²) in [5.41, 5.74) is 5.97. The highest BCUT2D eigenvalue weighted by Crippen LogP contribution is 2.27. The molecule has 1 unspecified atom stereocenters. The van der Waals surface area contributed by atoms with Gasteiger partial charge in [0.25, 0.3) is 10.0 Å². The number of fused-ring (bicyclic) bond motifs is 1. The fourth-order valence-electron chi connectivity index (χ4n) is 2.76. The third kappa shape index (κ3) is 4.24. The van der Waals surface area contributed by atoms with Crippen molar-refractivity contribution >= 4 is 21.8 Å². The number of hydrogen-bond acceptors (Lipinski definition) is 5. The molecular formula is C18H28N4O3S. The zero-order valence-electron chi connectivity index (χ0n) is 15.8. The van der Waals surface area contributed by atoms with Gasteiger partial charge in [0.15, 0.2) is 0 Å². The van der Waals surface area contributed by atoms with Crippen LogP contribution in [0.2, 0.25) is 0 Å². The van der Waals surface area contributed by atoms with Crippen molar-refractivity contribution in [1.82, 2.24) is 10.2 Å². The maximum atomic E-state index is 12.2. The van der Waals surface area contributed by atoms with Crippen LogP contribution in [0.5, 0.6) is 0 Å². The van der Waals surface area contributed by atoms with Gasteiger partial charge >= 0.3 is 0 Å². The standard InChI is InChI=1S/C18H28N4O3S/c1-13(2)18(3,12-19)20-16(23)10-7-11-22(4)17-14-8-5-6-9-15(14)26(24,25)21-17/h5-6,8-9,13H,7,10-12,19H2,1-4H3,(H,20,23). The summed E-state index contributed by atoms with van der Waals surface area (Å²) in [5.74, 6) is 0.602. The average Bonchev–Trinajstić information content (AvgIpc) is 2.86. The fourth-order valence-corrected chi connectivity index (χ4v) is 4.01. The first-order valence-electron chi connectivity index (χ1n) is 8.77. The normalized spacial score (nSPS) is 17.4. The Bertz CT molecular complexity index is 804. The SMILES string of the molecule is CC(C)C(C)(CN)NC(=O)CCCN(C)C1=NS(=O)(=O)c2ccccc21. The van der Waals surface area contributed by atoms with Crippen molar-refractivity contribution in [1.29, 1.82) is 0 Å². The number of rotatable bonds is 7. The zero-order valence-corrected chi connectivity index (χ0v) is 16.6. The smallest absolute Gasteiger partial charge is 0.285 e. The average molecular weight is 381 g/mol. The van der Waals surface area contributed by atoms with Crippen LogP contribution in [-0.2, 0) is 14.8 Å². The van der Waals surface area contributed by atoms with Crippen LogP contribution >= 0.6 is 0 Å². The number of amidine groups is 1. The van der Waals surface area contributed by atoms with Gasteiger partial charge in [0.1, 0.15) is 10.7 Å². The first-order valence-corrected chi connectivity index (χ1v) is 10.2. The molecule has 8 heteroatoms. The molecule has 144 valence electrons. The van der Waals surface area contributed by atoms with Crippen LogP contribution in [0, 0.1) is 5.92 Å². The molecule has 1 aromatic carbocycles. The fraction of sp³-hybridized carbons (Fsp3) is 0.556. The van der Waals surface area contributed by atoms with Gasteiger partial charge in [0, 0.05) is 32.1 Å². The minimum absolute atomic E-state index is 0.0542. The summed E-state index contributed by atoms with van der Waals surface area (Å²) in [4.78, 5) is 14.2. The maximum Gasteiger partial charge on any atom is 0.285 e. The topological polar surface area (TPSA) is 105 Å². The molecule has 0 radical (unpaired) electrons. The van der Waals surface area contributed by atoms with Crippen LogP contribution in [0.3, 0.4) is 0 Å². The Hall–Kier alpha value is -1.93. The molecule has 7 nitrogen and oxygen atoms in total. The Morgan fingerprint density at radius 3 is 2.62 bits per heavy atom. The maximum absolute atomic E-state index is 12.2. The number of hydrogen-bond donors (Lipinski definition) is 2. The number of benzene rings is 1. The molecule has 1 aromatic rings. The molecule has 1 aliphatic heterocycles. The molecular weight excluding hydrogens is 352 g/mol. The van der Waals surface area contributed by atoms with E-state index in [0.717, 1.165) is 0 Å². The minimum Gasteiger partial charge on any atom is -0.358 e. The van der Waals surface area contributed by atoms with E-state index in [1.807, 2.05) is 20.8 Å². The molecule has 0 aliphatic carbocycles. The van der Waals surface area contributed by atoms with Crippen molar-refractivity contribution in [2.45, 2.75) is 44.0 Å². The molecule has 0 aromatic heterocycles. The van der Waals surface area contributed by atoms with Crippen molar-refractivity contribution in [3.63, 3.8) is 0 Å². The summed E-state index contributed by atoms with van der Waals surface area (Å²) in [6.07, 6.45) is 0.927. The number of sulfonamides is 1. The quantitative estimate of drug-likeness (QED) is 0.743. The lowest BCUT2D eigenvalue weighted by Gasteiger charge is -2.33. The highest BCUT2D eigenvalue weighted by atomic mass is 32.2.